The maximum atomic E-state index is 13.5. The summed E-state index contributed by atoms with van der Waals surface area (Å²) in [5, 5.41) is 3.15. The summed E-state index contributed by atoms with van der Waals surface area (Å²) in [5.41, 5.74) is 1.69. The van der Waals surface area contributed by atoms with Crippen LogP contribution in [-0.2, 0) is 4.74 Å². The third kappa shape index (κ3) is 5.59. The second kappa shape index (κ2) is 10.9. The van der Waals surface area contributed by atoms with Crippen LogP contribution < -0.4 is 14.8 Å². The largest absolute Gasteiger partial charge is 0.488 e. The summed E-state index contributed by atoms with van der Waals surface area (Å²) in [4.78, 5) is 39.1. The Bertz CT molecular complexity index is 1250. The first-order chi connectivity index (χ1) is 19.3. The summed E-state index contributed by atoms with van der Waals surface area (Å²) < 4.78 is 17.7. The van der Waals surface area contributed by atoms with E-state index in [0.29, 0.717) is 42.9 Å². The molecule has 4 aliphatic rings. The minimum Gasteiger partial charge on any atom is -0.488 e. The molecule has 2 aliphatic carbocycles. The van der Waals surface area contributed by atoms with Gasteiger partial charge in [0.15, 0.2) is 11.4 Å². The summed E-state index contributed by atoms with van der Waals surface area (Å²) in [6, 6.07) is 7.48. The second-order valence-corrected chi connectivity index (χ2v) is 12.0. The maximum absolute atomic E-state index is 13.5. The molecule has 0 bridgehead atoms. The van der Waals surface area contributed by atoms with Crippen LogP contribution in [0.3, 0.4) is 0 Å². The zero-order valence-corrected chi connectivity index (χ0v) is 23.6. The molecule has 10 nitrogen and oxygen atoms in total. The van der Waals surface area contributed by atoms with Crippen LogP contribution in [0.25, 0.3) is 11.3 Å². The Hall–Kier alpha value is -3.40. The van der Waals surface area contributed by atoms with Gasteiger partial charge in [-0.05, 0) is 89.7 Å². The fourth-order valence-electron chi connectivity index (χ4n) is 6.21. The van der Waals surface area contributed by atoms with Crippen molar-refractivity contribution < 1.29 is 23.8 Å². The molecule has 2 saturated carbocycles. The van der Waals surface area contributed by atoms with Crippen LogP contribution in [0.15, 0.2) is 30.5 Å². The third-order valence-electron chi connectivity index (χ3n) is 8.63. The number of ether oxygens (including phenoxy) is 3. The zero-order chi connectivity index (χ0) is 27.9. The summed E-state index contributed by atoms with van der Waals surface area (Å²) in [6.45, 7) is 7.53. The molecule has 2 aliphatic heterocycles. The average Bonchev–Trinajstić information content (AvgIpc) is 3.67. The minimum atomic E-state index is -0.240. The van der Waals surface area contributed by atoms with Gasteiger partial charge < -0.3 is 29.3 Å². The van der Waals surface area contributed by atoms with Gasteiger partial charge in [0.05, 0.1) is 17.9 Å². The van der Waals surface area contributed by atoms with Gasteiger partial charge in [0.2, 0.25) is 5.88 Å². The smallest absolute Gasteiger partial charge is 0.410 e. The number of likely N-dealkylation sites (tertiary alicyclic amines) is 2. The van der Waals surface area contributed by atoms with Crippen molar-refractivity contribution in [3.63, 3.8) is 0 Å². The number of carbonyl (C=O) groups excluding carboxylic acids is 2. The molecule has 214 valence electrons. The molecule has 6 rings (SSSR count). The Labute approximate surface area is 235 Å². The maximum Gasteiger partial charge on any atom is 0.410 e. The molecule has 2 atom stereocenters. The molecule has 4 fully saturated rings. The zero-order valence-electron chi connectivity index (χ0n) is 23.6. The van der Waals surface area contributed by atoms with E-state index >= 15 is 0 Å². The topological polar surface area (TPSA) is 106 Å². The molecular formula is C30H39N5O5. The van der Waals surface area contributed by atoms with E-state index in [1.54, 1.807) is 11.1 Å². The molecule has 2 aromatic heterocycles. The highest BCUT2D eigenvalue weighted by atomic mass is 16.6. The van der Waals surface area contributed by atoms with E-state index < -0.39 is 0 Å². The van der Waals surface area contributed by atoms with Crippen molar-refractivity contribution in [2.75, 3.05) is 39.8 Å². The Morgan fingerprint density at radius 3 is 2.67 bits per heavy atom. The highest BCUT2D eigenvalue weighted by Gasteiger charge is 2.55. The number of amides is 2. The quantitative estimate of drug-likeness (QED) is 0.504. The number of hydrogen-bond acceptors (Lipinski definition) is 8. The number of pyridine rings is 2. The average molecular weight is 550 g/mol. The van der Waals surface area contributed by atoms with Gasteiger partial charge in [-0.2, -0.15) is 0 Å². The minimum absolute atomic E-state index is 0.00229. The monoisotopic (exact) mass is 549 g/mol. The predicted octanol–water partition coefficient (Wildman–Crippen LogP) is 3.75. The lowest BCUT2D eigenvalue weighted by Gasteiger charge is -2.57. The molecule has 4 heterocycles. The van der Waals surface area contributed by atoms with Gasteiger partial charge in [0, 0.05) is 37.3 Å². The van der Waals surface area contributed by atoms with Crippen LogP contribution in [0.1, 0.15) is 56.4 Å². The van der Waals surface area contributed by atoms with Crippen molar-refractivity contribution in [1.29, 1.82) is 0 Å². The van der Waals surface area contributed by atoms with E-state index in [0.717, 1.165) is 50.8 Å². The Morgan fingerprint density at radius 1 is 1.18 bits per heavy atom. The number of likely N-dealkylation sites (N-methyl/N-ethyl adjacent to an activating group) is 1. The first-order valence-corrected chi connectivity index (χ1v) is 14.5. The van der Waals surface area contributed by atoms with Gasteiger partial charge in [0.1, 0.15) is 12.2 Å². The van der Waals surface area contributed by atoms with Gasteiger partial charge >= 0.3 is 6.09 Å². The van der Waals surface area contributed by atoms with Crippen LogP contribution in [-0.4, -0.2) is 89.9 Å². The second-order valence-electron chi connectivity index (χ2n) is 12.0. The van der Waals surface area contributed by atoms with Crippen molar-refractivity contribution in [2.45, 2.75) is 64.2 Å². The van der Waals surface area contributed by atoms with Crippen LogP contribution in [0.5, 0.6) is 11.6 Å². The van der Waals surface area contributed by atoms with Gasteiger partial charge in [-0.3, -0.25) is 4.79 Å². The van der Waals surface area contributed by atoms with Gasteiger partial charge in [0.25, 0.3) is 5.91 Å². The molecule has 2 amide bonds. The lowest BCUT2D eigenvalue weighted by Crippen LogP contribution is -2.66. The molecule has 2 saturated heterocycles. The lowest BCUT2D eigenvalue weighted by atomic mass is 9.62. The molecule has 1 N–H and O–H groups in total. The van der Waals surface area contributed by atoms with Gasteiger partial charge in [-0.15, -0.1) is 0 Å². The van der Waals surface area contributed by atoms with Crippen LogP contribution in [0.4, 0.5) is 4.79 Å². The fraction of sp³-hybridized carbons (Fsp3) is 0.600. The van der Waals surface area contributed by atoms with Crippen molar-refractivity contribution >= 4 is 12.0 Å². The number of nitrogens with zero attached hydrogens (tertiary/aromatic N) is 4. The number of rotatable bonds is 9. The molecule has 1 spiro atoms. The Balaban J connectivity index is 1.13. The first-order valence-electron chi connectivity index (χ1n) is 14.5. The van der Waals surface area contributed by atoms with Crippen molar-refractivity contribution in [3.05, 3.63) is 36.2 Å². The standard InChI is InChI=1S/C30H39N5O5/c1-4-38-28-23(6-5-12-31-28)24-9-10-25(26(33-24)27(36)32-21-11-13-34(3)16-21)40-22-14-30(15-22)17-35(18-30)29(37)39-19(2)20-7-8-20/h5-6,9-10,12,19-22H,4,7-8,11,13-18H2,1-3H3,(H,32,36). The van der Waals surface area contributed by atoms with Gasteiger partial charge in [-0.25, -0.2) is 14.8 Å². The van der Waals surface area contributed by atoms with E-state index in [9.17, 15) is 9.59 Å². The fourth-order valence-corrected chi connectivity index (χ4v) is 6.21. The first kappa shape index (κ1) is 26.8. The Morgan fingerprint density at radius 2 is 1.98 bits per heavy atom. The van der Waals surface area contributed by atoms with E-state index in [1.165, 1.54) is 0 Å². The SMILES string of the molecule is CCOc1ncccc1-c1ccc(OC2CC3(C2)CN(C(=O)OC(C)C2CC2)C3)c(C(=O)NC2CCN(C)C2)n1. The van der Waals surface area contributed by atoms with Crippen molar-refractivity contribution in [1.82, 2.24) is 25.1 Å². The number of hydrogen-bond donors (Lipinski definition) is 1. The van der Waals surface area contributed by atoms with Gasteiger partial charge in [-0.1, -0.05) is 0 Å². The Kier molecular flexibility index (Phi) is 7.29. The molecular weight excluding hydrogens is 510 g/mol. The van der Waals surface area contributed by atoms with E-state index in [-0.39, 0.29) is 41.4 Å². The number of carbonyl (C=O) groups is 2. The normalized spacial score (nSPS) is 22.8. The lowest BCUT2D eigenvalue weighted by molar-refractivity contribution is -0.113. The van der Waals surface area contributed by atoms with Crippen LogP contribution in [0.2, 0.25) is 0 Å². The molecule has 0 aromatic carbocycles. The predicted molar refractivity (Wildman–Crippen MR) is 148 cm³/mol. The number of aromatic nitrogens is 2. The number of nitrogens with one attached hydrogen (secondary N) is 1. The van der Waals surface area contributed by atoms with E-state index in [1.807, 2.05) is 38.1 Å². The highest BCUT2D eigenvalue weighted by molar-refractivity contribution is 5.96. The van der Waals surface area contributed by atoms with Crippen LogP contribution >= 0.6 is 0 Å². The molecule has 10 heteroatoms. The summed E-state index contributed by atoms with van der Waals surface area (Å²) in [7, 11) is 2.05. The van der Waals surface area contributed by atoms with E-state index in [4.69, 9.17) is 19.2 Å². The highest BCUT2D eigenvalue weighted by Crippen LogP contribution is 2.50. The third-order valence-corrected chi connectivity index (χ3v) is 8.63. The summed E-state index contributed by atoms with van der Waals surface area (Å²) in [5.74, 6) is 1.25. The van der Waals surface area contributed by atoms with E-state index in [2.05, 4.69) is 22.2 Å². The molecule has 2 unspecified atom stereocenters. The summed E-state index contributed by atoms with van der Waals surface area (Å²) >= 11 is 0. The molecule has 40 heavy (non-hydrogen) atoms. The van der Waals surface area contributed by atoms with Crippen LogP contribution in [0, 0.1) is 11.3 Å². The van der Waals surface area contributed by atoms with Crippen molar-refractivity contribution in [3.8, 4) is 22.9 Å². The molecule has 2 aromatic rings. The van der Waals surface area contributed by atoms with Crippen molar-refractivity contribution in [2.24, 2.45) is 11.3 Å². The molecule has 0 radical (unpaired) electrons. The summed E-state index contributed by atoms with van der Waals surface area (Å²) in [6.07, 6.45) is 6.33.